The zero-order valence-corrected chi connectivity index (χ0v) is 15.0. The molecule has 2 aliphatic heterocycles. The van der Waals surface area contributed by atoms with Gasteiger partial charge in [0.25, 0.3) is 0 Å². The van der Waals surface area contributed by atoms with Gasteiger partial charge in [0.15, 0.2) is 11.8 Å². The first kappa shape index (κ1) is 17.9. The first-order valence-corrected chi connectivity index (χ1v) is 8.20. The number of carbonyl (C=O) groups excluding carboxylic acids is 4. The number of hydrogen-bond donors (Lipinski definition) is 0. The Labute approximate surface area is 150 Å². The maximum absolute atomic E-state index is 12.4. The van der Waals surface area contributed by atoms with Gasteiger partial charge in [0.05, 0.1) is 12.8 Å². The van der Waals surface area contributed by atoms with E-state index in [0.29, 0.717) is 11.3 Å². The third-order valence-electron chi connectivity index (χ3n) is 4.88. The molecule has 0 radical (unpaired) electrons. The molecule has 1 fully saturated rings. The lowest BCUT2D eigenvalue weighted by molar-refractivity contribution is -0.162. The fraction of sp³-hybridized carbons (Fsp3) is 0.444. The molecular formula is C18H20N2O6. The van der Waals surface area contributed by atoms with E-state index < -0.39 is 35.7 Å². The Morgan fingerprint density at radius 2 is 1.73 bits per heavy atom. The van der Waals surface area contributed by atoms with Crippen molar-refractivity contribution >= 4 is 29.4 Å². The molecule has 0 aliphatic carbocycles. The normalized spacial score (nSPS) is 26.2. The molecule has 26 heavy (non-hydrogen) atoms. The van der Waals surface area contributed by atoms with Gasteiger partial charge < -0.3 is 14.4 Å². The summed E-state index contributed by atoms with van der Waals surface area (Å²) in [5, 5.41) is 0. The van der Waals surface area contributed by atoms with Gasteiger partial charge >= 0.3 is 11.9 Å². The van der Waals surface area contributed by atoms with Gasteiger partial charge in [-0.1, -0.05) is 18.2 Å². The number of nitrogens with zero attached hydrogens (tertiary/aromatic N) is 2. The number of esters is 2. The van der Waals surface area contributed by atoms with Gasteiger partial charge in [-0.2, -0.15) is 0 Å². The van der Waals surface area contributed by atoms with Gasteiger partial charge in [0.2, 0.25) is 11.8 Å². The third-order valence-corrected chi connectivity index (χ3v) is 4.88. The van der Waals surface area contributed by atoms with Crippen LogP contribution in [-0.2, 0) is 34.3 Å². The smallest absolute Gasteiger partial charge is 0.328 e. The Morgan fingerprint density at radius 1 is 1.08 bits per heavy atom. The predicted octanol–water partition coefficient (Wildman–Crippen LogP) is 0.931. The number of rotatable bonds is 2. The van der Waals surface area contributed by atoms with Crippen LogP contribution >= 0.6 is 0 Å². The lowest BCUT2D eigenvalue weighted by Gasteiger charge is -2.36. The second kappa shape index (κ2) is 6.12. The molecule has 2 amide bonds. The number of para-hydroxylation sites is 1. The Balaban J connectivity index is 2.27. The van der Waals surface area contributed by atoms with Crippen LogP contribution in [0.4, 0.5) is 5.69 Å². The van der Waals surface area contributed by atoms with Crippen LogP contribution in [0.3, 0.4) is 0 Å². The summed E-state index contributed by atoms with van der Waals surface area (Å²) in [4.78, 5) is 51.7. The van der Waals surface area contributed by atoms with Crippen molar-refractivity contribution < 1.29 is 28.7 Å². The Hall–Kier alpha value is -2.90. The minimum atomic E-state index is -1.32. The number of carbonyl (C=O) groups is 4. The molecule has 0 saturated carbocycles. The zero-order chi connectivity index (χ0) is 19.2. The Bertz CT molecular complexity index is 807. The minimum Gasteiger partial charge on any atom is -0.467 e. The lowest BCUT2D eigenvalue weighted by Crippen LogP contribution is -2.56. The number of fused-ring (bicyclic) bond motifs is 3. The second-order valence-corrected chi connectivity index (χ2v) is 6.43. The van der Waals surface area contributed by atoms with E-state index in [1.54, 1.807) is 24.3 Å². The van der Waals surface area contributed by atoms with Gasteiger partial charge in [-0.3, -0.25) is 19.3 Å². The minimum absolute atomic E-state index is 0.0181. The van der Waals surface area contributed by atoms with Crippen LogP contribution in [0, 0.1) is 0 Å². The molecule has 8 heteroatoms. The molecule has 0 unspecified atom stereocenters. The van der Waals surface area contributed by atoms with Crippen LogP contribution in [0.15, 0.2) is 24.3 Å². The fourth-order valence-electron chi connectivity index (χ4n) is 4.11. The van der Waals surface area contributed by atoms with E-state index in [0.717, 1.165) is 0 Å². The number of likely N-dealkylation sites (tertiary alicyclic amines) is 1. The van der Waals surface area contributed by atoms with Crippen LogP contribution in [-0.4, -0.2) is 48.0 Å². The number of benzene rings is 1. The fourth-order valence-corrected chi connectivity index (χ4v) is 4.11. The first-order valence-electron chi connectivity index (χ1n) is 8.20. The number of amides is 2. The molecule has 0 bridgehead atoms. The van der Waals surface area contributed by atoms with Crippen LogP contribution in [0.2, 0.25) is 0 Å². The summed E-state index contributed by atoms with van der Waals surface area (Å²) in [6.07, 6.45) is -0.924. The van der Waals surface area contributed by atoms with Crippen molar-refractivity contribution in [1.82, 2.24) is 4.90 Å². The van der Waals surface area contributed by atoms with Gasteiger partial charge in [-0.15, -0.1) is 0 Å². The summed E-state index contributed by atoms with van der Waals surface area (Å²) >= 11 is 0. The predicted molar refractivity (Wildman–Crippen MR) is 89.8 cm³/mol. The highest BCUT2D eigenvalue weighted by Crippen LogP contribution is 2.55. The van der Waals surface area contributed by atoms with Crippen LogP contribution in [0.1, 0.15) is 32.8 Å². The molecule has 1 saturated heterocycles. The van der Waals surface area contributed by atoms with E-state index in [-0.39, 0.29) is 12.3 Å². The lowest BCUT2D eigenvalue weighted by atomic mass is 9.90. The van der Waals surface area contributed by atoms with Gasteiger partial charge in [-0.25, -0.2) is 4.79 Å². The average molecular weight is 360 g/mol. The highest BCUT2D eigenvalue weighted by atomic mass is 16.6. The van der Waals surface area contributed by atoms with Gasteiger partial charge in [0.1, 0.15) is 6.04 Å². The molecular weight excluding hydrogens is 340 g/mol. The summed E-state index contributed by atoms with van der Waals surface area (Å²) in [6, 6.07) is 6.02. The first-order chi connectivity index (χ1) is 12.2. The van der Waals surface area contributed by atoms with E-state index in [1.165, 1.54) is 37.7 Å². The summed E-state index contributed by atoms with van der Waals surface area (Å²) in [6.45, 7) is 3.93. The summed E-state index contributed by atoms with van der Waals surface area (Å²) in [5.74, 6) is -1.93. The maximum Gasteiger partial charge on any atom is 0.328 e. The maximum atomic E-state index is 12.4. The molecule has 8 nitrogen and oxygen atoms in total. The third kappa shape index (κ3) is 2.36. The zero-order valence-electron chi connectivity index (χ0n) is 15.0. The summed E-state index contributed by atoms with van der Waals surface area (Å²) < 4.78 is 10.5. The molecule has 1 aromatic carbocycles. The van der Waals surface area contributed by atoms with E-state index in [1.807, 2.05) is 0 Å². The van der Waals surface area contributed by atoms with Crippen LogP contribution in [0.25, 0.3) is 0 Å². The number of ether oxygens (including phenoxy) is 2. The molecule has 1 aromatic rings. The number of hydrogen-bond acceptors (Lipinski definition) is 6. The van der Waals surface area contributed by atoms with Crippen molar-refractivity contribution in [2.24, 2.45) is 0 Å². The molecule has 0 spiro atoms. The molecule has 3 rings (SSSR count). The van der Waals surface area contributed by atoms with E-state index in [4.69, 9.17) is 9.47 Å². The largest absolute Gasteiger partial charge is 0.467 e. The molecule has 138 valence electrons. The van der Waals surface area contributed by atoms with Gasteiger partial charge in [-0.05, 0) is 6.07 Å². The van der Waals surface area contributed by atoms with Crippen molar-refractivity contribution in [2.75, 3.05) is 12.0 Å². The topological polar surface area (TPSA) is 93.2 Å². The summed E-state index contributed by atoms with van der Waals surface area (Å²) in [5.41, 5.74) is -0.174. The molecule has 3 atom stereocenters. The number of methoxy groups -OCH3 is 1. The molecule has 2 heterocycles. The van der Waals surface area contributed by atoms with Crippen molar-refractivity contribution in [2.45, 2.75) is 45.0 Å². The van der Waals surface area contributed by atoms with Crippen LogP contribution < -0.4 is 4.90 Å². The monoisotopic (exact) mass is 360 g/mol. The van der Waals surface area contributed by atoms with Crippen molar-refractivity contribution in [3.63, 3.8) is 0 Å². The van der Waals surface area contributed by atoms with E-state index >= 15 is 0 Å². The molecule has 0 N–H and O–H groups in total. The Kier molecular flexibility index (Phi) is 4.21. The standard InChI is InChI=1S/C18H20N2O6/c1-10(21)19-14-8-6-5-7-13(14)18(26-12(3)23)9-15(16(24)25-4)20(11(2)22)17(18)19/h5-8,15,17H,9H2,1-4H3/t15-,17+,18-/m0/s1. The highest BCUT2D eigenvalue weighted by molar-refractivity contribution is 5.98. The quantitative estimate of drug-likeness (QED) is 0.729. The van der Waals surface area contributed by atoms with Crippen LogP contribution in [0.5, 0.6) is 0 Å². The SMILES string of the molecule is COC(=O)[C@@H]1C[C@]2(OC(C)=O)c3ccccc3N(C(C)=O)[C@@H]2N1C(C)=O. The molecule has 2 aliphatic rings. The second-order valence-electron chi connectivity index (χ2n) is 6.43. The van der Waals surface area contributed by atoms with E-state index in [9.17, 15) is 19.2 Å². The van der Waals surface area contributed by atoms with Crippen molar-refractivity contribution in [3.05, 3.63) is 29.8 Å². The van der Waals surface area contributed by atoms with Crippen molar-refractivity contribution in [1.29, 1.82) is 0 Å². The van der Waals surface area contributed by atoms with E-state index in [2.05, 4.69) is 0 Å². The van der Waals surface area contributed by atoms with Gasteiger partial charge in [0, 0.05) is 32.8 Å². The summed E-state index contributed by atoms with van der Waals surface area (Å²) in [7, 11) is 1.23. The average Bonchev–Trinajstić information content (AvgIpc) is 3.02. The number of anilines is 1. The van der Waals surface area contributed by atoms with Crippen molar-refractivity contribution in [3.8, 4) is 0 Å². The molecule has 0 aromatic heterocycles. The highest BCUT2D eigenvalue weighted by Gasteiger charge is 2.66. The Morgan fingerprint density at radius 3 is 2.27 bits per heavy atom.